The standard InChI is InChI=1S/C24H24N2O7S/c1-3-32-18-11-13-20(14-12-18)34(29,30)26-22-10-5-4-9-21(22)24(28)33-16-23(27)25-17-7-6-8-19(15-17)31-2/h4-15,26H,3,16H2,1-2H3,(H,25,27). The fourth-order valence-electron chi connectivity index (χ4n) is 2.94. The van der Waals surface area contributed by atoms with E-state index in [1.807, 2.05) is 6.92 Å². The van der Waals surface area contributed by atoms with Crippen molar-refractivity contribution in [2.24, 2.45) is 0 Å². The zero-order valence-electron chi connectivity index (χ0n) is 18.6. The first-order valence-electron chi connectivity index (χ1n) is 10.3. The van der Waals surface area contributed by atoms with Crippen LogP contribution in [-0.4, -0.2) is 40.6 Å². The normalized spacial score (nSPS) is 10.8. The van der Waals surface area contributed by atoms with E-state index in [0.29, 0.717) is 23.8 Å². The van der Waals surface area contributed by atoms with Gasteiger partial charge in [-0.2, -0.15) is 0 Å². The molecule has 178 valence electrons. The van der Waals surface area contributed by atoms with E-state index >= 15 is 0 Å². The van der Waals surface area contributed by atoms with E-state index in [1.54, 1.807) is 48.5 Å². The van der Waals surface area contributed by atoms with Crippen molar-refractivity contribution in [1.29, 1.82) is 0 Å². The summed E-state index contributed by atoms with van der Waals surface area (Å²) in [6, 6.07) is 18.5. The van der Waals surface area contributed by atoms with Crippen LogP contribution in [0.4, 0.5) is 11.4 Å². The van der Waals surface area contributed by atoms with E-state index in [1.165, 1.54) is 31.4 Å². The first-order valence-corrected chi connectivity index (χ1v) is 11.8. The van der Waals surface area contributed by atoms with Crippen molar-refractivity contribution in [3.8, 4) is 11.5 Å². The summed E-state index contributed by atoms with van der Waals surface area (Å²) >= 11 is 0. The molecule has 0 fully saturated rings. The summed E-state index contributed by atoms with van der Waals surface area (Å²) in [7, 11) is -2.48. The maximum absolute atomic E-state index is 12.8. The van der Waals surface area contributed by atoms with Gasteiger partial charge in [0.15, 0.2) is 6.61 Å². The number of sulfonamides is 1. The number of benzene rings is 3. The minimum absolute atomic E-state index is 0.00297. The molecule has 0 aliphatic carbocycles. The maximum Gasteiger partial charge on any atom is 0.340 e. The molecule has 0 aliphatic heterocycles. The SMILES string of the molecule is CCOc1ccc(S(=O)(=O)Nc2ccccc2C(=O)OCC(=O)Nc2cccc(OC)c2)cc1. The second-order valence-electron chi connectivity index (χ2n) is 6.91. The molecular weight excluding hydrogens is 460 g/mol. The predicted molar refractivity (Wildman–Crippen MR) is 127 cm³/mol. The molecule has 0 saturated heterocycles. The molecule has 0 unspecified atom stereocenters. The van der Waals surface area contributed by atoms with Gasteiger partial charge in [-0.1, -0.05) is 18.2 Å². The van der Waals surface area contributed by atoms with Crippen LogP contribution in [0.3, 0.4) is 0 Å². The highest BCUT2D eigenvalue weighted by molar-refractivity contribution is 7.92. The van der Waals surface area contributed by atoms with Gasteiger partial charge < -0.3 is 19.5 Å². The lowest BCUT2D eigenvalue weighted by atomic mass is 10.2. The van der Waals surface area contributed by atoms with Gasteiger partial charge in [0.1, 0.15) is 11.5 Å². The van der Waals surface area contributed by atoms with Crippen LogP contribution in [0.1, 0.15) is 17.3 Å². The molecule has 0 heterocycles. The number of rotatable bonds is 10. The Hall–Kier alpha value is -4.05. The Balaban J connectivity index is 1.66. The smallest absolute Gasteiger partial charge is 0.340 e. The van der Waals surface area contributed by atoms with Crippen molar-refractivity contribution in [2.75, 3.05) is 30.4 Å². The van der Waals surface area contributed by atoms with Crippen LogP contribution in [0.2, 0.25) is 0 Å². The molecule has 34 heavy (non-hydrogen) atoms. The van der Waals surface area contributed by atoms with Gasteiger partial charge in [-0.25, -0.2) is 13.2 Å². The van der Waals surface area contributed by atoms with Crippen LogP contribution in [0, 0.1) is 0 Å². The average Bonchev–Trinajstić information content (AvgIpc) is 2.83. The van der Waals surface area contributed by atoms with Crippen LogP contribution in [-0.2, 0) is 19.6 Å². The number of carbonyl (C=O) groups excluding carboxylic acids is 2. The lowest BCUT2D eigenvalue weighted by molar-refractivity contribution is -0.119. The van der Waals surface area contributed by atoms with Crippen molar-refractivity contribution in [1.82, 2.24) is 0 Å². The number of esters is 1. The minimum atomic E-state index is -3.98. The van der Waals surface area contributed by atoms with Gasteiger partial charge in [-0.15, -0.1) is 0 Å². The van der Waals surface area contributed by atoms with E-state index in [-0.39, 0.29) is 16.1 Å². The molecule has 0 bridgehead atoms. The molecule has 0 spiro atoms. The molecule has 0 radical (unpaired) electrons. The monoisotopic (exact) mass is 484 g/mol. The number of hydrogen-bond donors (Lipinski definition) is 2. The van der Waals surface area contributed by atoms with Crippen molar-refractivity contribution < 1.29 is 32.2 Å². The van der Waals surface area contributed by atoms with Gasteiger partial charge >= 0.3 is 5.97 Å². The highest BCUT2D eigenvalue weighted by atomic mass is 32.2. The summed E-state index contributed by atoms with van der Waals surface area (Å²) in [6.45, 7) is 1.72. The molecule has 3 aromatic carbocycles. The fourth-order valence-corrected chi connectivity index (χ4v) is 4.02. The highest BCUT2D eigenvalue weighted by Crippen LogP contribution is 2.23. The van der Waals surface area contributed by atoms with Crippen LogP contribution in [0.25, 0.3) is 0 Å². The quantitative estimate of drug-likeness (QED) is 0.421. The van der Waals surface area contributed by atoms with E-state index < -0.39 is 28.5 Å². The van der Waals surface area contributed by atoms with Crippen molar-refractivity contribution in [2.45, 2.75) is 11.8 Å². The predicted octanol–water partition coefficient (Wildman–Crippen LogP) is 3.69. The highest BCUT2D eigenvalue weighted by Gasteiger charge is 2.20. The van der Waals surface area contributed by atoms with Gasteiger partial charge in [0, 0.05) is 11.8 Å². The fraction of sp³-hybridized carbons (Fsp3) is 0.167. The summed E-state index contributed by atoms with van der Waals surface area (Å²) in [5, 5.41) is 2.59. The third-order valence-corrected chi connectivity index (χ3v) is 5.91. The van der Waals surface area contributed by atoms with Gasteiger partial charge in [-0.05, 0) is 55.5 Å². The number of para-hydroxylation sites is 1. The summed E-state index contributed by atoms with van der Waals surface area (Å²) in [5.74, 6) is -0.318. The Morgan fingerprint density at radius 3 is 2.35 bits per heavy atom. The molecular formula is C24H24N2O7S. The van der Waals surface area contributed by atoms with Crippen LogP contribution >= 0.6 is 0 Å². The van der Waals surface area contributed by atoms with E-state index in [4.69, 9.17) is 14.2 Å². The number of ether oxygens (including phenoxy) is 3. The van der Waals surface area contributed by atoms with Crippen LogP contribution in [0.5, 0.6) is 11.5 Å². The molecule has 0 aliphatic rings. The Morgan fingerprint density at radius 1 is 0.912 bits per heavy atom. The maximum atomic E-state index is 12.8. The van der Waals surface area contributed by atoms with Gasteiger partial charge in [-0.3, -0.25) is 9.52 Å². The molecule has 1 amide bonds. The van der Waals surface area contributed by atoms with E-state index in [0.717, 1.165) is 0 Å². The summed E-state index contributed by atoms with van der Waals surface area (Å²) in [5.41, 5.74) is 0.463. The Morgan fingerprint density at radius 2 is 1.65 bits per heavy atom. The number of carbonyl (C=O) groups is 2. The molecule has 0 saturated carbocycles. The Bertz CT molecular complexity index is 1260. The molecule has 0 aromatic heterocycles. The number of hydrogen-bond acceptors (Lipinski definition) is 7. The third kappa shape index (κ3) is 6.48. The summed E-state index contributed by atoms with van der Waals surface area (Å²) in [6.07, 6.45) is 0. The first-order chi connectivity index (χ1) is 16.3. The molecule has 9 nitrogen and oxygen atoms in total. The topological polar surface area (TPSA) is 120 Å². The van der Waals surface area contributed by atoms with Crippen LogP contribution < -0.4 is 19.5 Å². The Labute approximate surface area is 197 Å². The number of methoxy groups -OCH3 is 1. The zero-order chi connectivity index (χ0) is 24.6. The van der Waals surface area contributed by atoms with Gasteiger partial charge in [0.25, 0.3) is 15.9 Å². The van der Waals surface area contributed by atoms with Gasteiger partial charge in [0.05, 0.1) is 29.9 Å². The number of nitrogens with one attached hydrogen (secondary N) is 2. The van der Waals surface area contributed by atoms with E-state index in [9.17, 15) is 18.0 Å². The average molecular weight is 485 g/mol. The number of amides is 1. The van der Waals surface area contributed by atoms with Crippen LogP contribution in [0.15, 0.2) is 77.7 Å². The van der Waals surface area contributed by atoms with Crippen molar-refractivity contribution >= 4 is 33.3 Å². The molecule has 3 rings (SSSR count). The third-order valence-electron chi connectivity index (χ3n) is 4.52. The summed E-state index contributed by atoms with van der Waals surface area (Å²) < 4.78 is 43.5. The second-order valence-corrected chi connectivity index (χ2v) is 8.59. The largest absolute Gasteiger partial charge is 0.497 e. The molecule has 3 aromatic rings. The first kappa shape index (κ1) is 24.6. The van der Waals surface area contributed by atoms with Crippen molar-refractivity contribution in [3.63, 3.8) is 0 Å². The lowest BCUT2D eigenvalue weighted by Crippen LogP contribution is -2.22. The Kier molecular flexibility index (Phi) is 8.10. The zero-order valence-corrected chi connectivity index (χ0v) is 19.4. The lowest BCUT2D eigenvalue weighted by Gasteiger charge is -2.13. The molecule has 10 heteroatoms. The molecule has 0 atom stereocenters. The minimum Gasteiger partial charge on any atom is -0.497 e. The summed E-state index contributed by atoms with van der Waals surface area (Å²) in [4.78, 5) is 24.8. The van der Waals surface area contributed by atoms with Gasteiger partial charge in [0.2, 0.25) is 0 Å². The molecule has 2 N–H and O–H groups in total. The van der Waals surface area contributed by atoms with Crippen molar-refractivity contribution in [3.05, 3.63) is 78.4 Å². The van der Waals surface area contributed by atoms with E-state index in [2.05, 4.69) is 10.0 Å². The number of anilines is 2. The second kappa shape index (κ2) is 11.2.